The Morgan fingerprint density at radius 2 is 2.00 bits per heavy atom. The first kappa shape index (κ1) is 13.6. The predicted molar refractivity (Wildman–Crippen MR) is 83.1 cm³/mol. The fourth-order valence-corrected chi connectivity index (χ4v) is 3.57. The molecule has 0 aliphatic rings. The number of alkyl halides is 1. The van der Waals surface area contributed by atoms with Gasteiger partial charge < -0.3 is 4.74 Å². The lowest BCUT2D eigenvalue weighted by atomic mass is 10.2. The summed E-state index contributed by atoms with van der Waals surface area (Å²) < 4.78 is 7.86. The molecule has 0 atom stereocenters. The molecule has 0 aliphatic heterocycles. The SMILES string of the molecule is BrCc1ccc(OCc2cc(Br)cs2)c(Br)c1. The van der Waals surface area contributed by atoms with Crippen molar-refractivity contribution < 1.29 is 4.74 Å². The van der Waals surface area contributed by atoms with Crippen molar-refractivity contribution in [3.05, 3.63) is 49.0 Å². The standard InChI is InChI=1S/C12H9Br3OS/c13-5-8-1-2-12(11(15)3-8)16-6-10-4-9(14)7-17-10/h1-4,7H,5-6H2. The van der Waals surface area contributed by atoms with E-state index in [1.165, 1.54) is 10.4 Å². The van der Waals surface area contributed by atoms with Crippen molar-refractivity contribution in [2.24, 2.45) is 0 Å². The van der Waals surface area contributed by atoms with Gasteiger partial charge >= 0.3 is 0 Å². The van der Waals surface area contributed by atoms with Gasteiger partial charge in [0.05, 0.1) is 4.47 Å². The number of halogens is 3. The molecule has 1 nitrogen and oxygen atoms in total. The average Bonchev–Trinajstić information content (AvgIpc) is 2.73. The van der Waals surface area contributed by atoms with Crippen molar-refractivity contribution in [1.82, 2.24) is 0 Å². The number of rotatable bonds is 4. The molecule has 0 unspecified atom stereocenters. The van der Waals surface area contributed by atoms with E-state index in [4.69, 9.17) is 4.74 Å². The minimum Gasteiger partial charge on any atom is -0.487 e. The Balaban J connectivity index is 2.04. The lowest BCUT2D eigenvalue weighted by Gasteiger charge is -2.07. The van der Waals surface area contributed by atoms with E-state index in [9.17, 15) is 0 Å². The molecule has 2 rings (SSSR count). The fraction of sp³-hybridized carbons (Fsp3) is 0.167. The summed E-state index contributed by atoms with van der Waals surface area (Å²) in [5, 5.41) is 2.91. The smallest absolute Gasteiger partial charge is 0.134 e. The van der Waals surface area contributed by atoms with E-state index in [-0.39, 0.29) is 0 Å². The predicted octanol–water partition coefficient (Wildman–Crippen LogP) is 5.75. The van der Waals surface area contributed by atoms with Crippen molar-refractivity contribution in [2.45, 2.75) is 11.9 Å². The molecule has 0 N–H and O–H groups in total. The summed E-state index contributed by atoms with van der Waals surface area (Å²) in [7, 11) is 0. The molecule has 0 aliphatic carbocycles. The van der Waals surface area contributed by atoms with Gasteiger partial charge in [0, 0.05) is 20.1 Å². The number of hydrogen-bond donors (Lipinski definition) is 0. The highest BCUT2D eigenvalue weighted by Gasteiger charge is 2.04. The second-order valence-corrected chi connectivity index (χ2v) is 6.74. The van der Waals surface area contributed by atoms with Crippen molar-refractivity contribution in [3.8, 4) is 5.75 Å². The number of thiophene rings is 1. The largest absolute Gasteiger partial charge is 0.487 e. The molecule has 0 radical (unpaired) electrons. The normalized spacial score (nSPS) is 10.5. The molecular formula is C12H9Br3OS. The van der Waals surface area contributed by atoms with Gasteiger partial charge in [-0.2, -0.15) is 0 Å². The third-order valence-electron chi connectivity index (χ3n) is 2.14. The van der Waals surface area contributed by atoms with Crippen LogP contribution in [0, 0.1) is 0 Å². The lowest BCUT2D eigenvalue weighted by Crippen LogP contribution is -1.94. The summed E-state index contributed by atoms with van der Waals surface area (Å²) in [4.78, 5) is 1.20. The molecule has 1 aromatic heterocycles. The monoisotopic (exact) mass is 438 g/mol. The van der Waals surface area contributed by atoms with E-state index >= 15 is 0 Å². The summed E-state index contributed by atoms with van der Waals surface area (Å²) in [6.07, 6.45) is 0. The Morgan fingerprint density at radius 3 is 2.59 bits per heavy atom. The average molecular weight is 441 g/mol. The van der Waals surface area contributed by atoms with Crippen LogP contribution in [0.3, 0.4) is 0 Å². The third kappa shape index (κ3) is 3.81. The van der Waals surface area contributed by atoms with E-state index < -0.39 is 0 Å². The van der Waals surface area contributed by atoms with Crippen LogP contribution in [0.1, 0.15) is 10.4 Å². The first-order valence-corrected chi connectivity index (χ1v) is 8.48. The summed E-state index contributed by atoms with van der Waals surface area (Å²) in [5.41, 5.74) is 1.23. The van der Waals surface area contributed by atoms with Crippen molar-refractivity contribution in [3.63, 3.8) is 0 Å². The molecule has 90 valence electrons. The zero-order valence-corrected chi connectivity index (χ0v) is 14.3. The molecule has 0 saturated carbocycles. The lowest BCUT2D eigenvalue weighted by molar-refractivity contribution is 0.307. The van der Waals surface area contributed by atoms with Crippen LogP contribution in [-0.2, 0) is 11.9 Å². The Labute approximate surface area is 130 Å². The molecule has 2 aromatic rings. The molecular weight excluding hydrogens is 432 g/mol. The second kappa shape index (κ2) is 6.36. The minimum absolute atomic E-state index is 0.600. The molecule has 0 saturated heterocycles. The molecule has 0 spiro atoms. The van der Waals surface area contributed by atoms with Crippen LogP contribution in [0.5, 0.6) is 5.75 Å². The van der Waals surface area contributed by atoms with E-state index in [0.717, 1.165) is 20.0 Å². The highest BCUT2D eigenvalue weighted by Crippen LogP contribution is 2.28. The minimum atomic E-state index is 0.600. The Kier molecular flexibility index (Phi) is 5.09. The van der Waals surface area contributed by atoms with Crippen LogP contribution >= 0.6 is 59.1 Å². The highest BCUT2D eigenvalue weighted by atomic mass is 79.9. The van der Waals surface area contributed by atoms with E-state index in [0.29, 0.717) is 6.61 Å². The molecule has 1 heterocycles. The van der Waals surface area contributed by atoms with Gasteiger partial charge in [0.1, 0.15) is 12.4 Å². The van der Waals surface area contributed by atoms with Crippen molar-refractivity contribution in [1.29, 1.82) is 0 Å². The molecule has 5 heteroatoms. The van der Waals surface area contributed by atoms with Gasteiger partial charge in [0.25, 0.3) is 0 Å². The Bertz CT molecular complexity index is 510. The van der Waals surface area contributed by atoms with Crippen molar-refractivity contribution in [2.75, 3.05) is 0 Å². The van der Waals surface area contributed by atoms with Gasteiger partial charge in [-0.3, -0.25) is 0 Å². The van der Waals surface area contributed by atoms with Gasteiger partial charge in [-0.1, -0.05) is 22.0 Å². The van der Waals surface area contributed by atoms with Crippen LogP contribution in [-0.4, -0.2) is 0 Å². The highest BCUT2D eigenvalue weighted by molar-refractivity contribution is 9.11. The number of hydrogen-bond acceptors (Lipinski definition) is 2. The summed E-state index contributed by atoms with van der Waals surface area (Å²) >= 11 is 12.1. The molecule has 0 bridgehead atoms. The second-order valence-electron chi connectivity index (χ2n) is 3.42. The first-order valence-electron chi connectivity index (χ1n) is 4.89. The number of benzene rings is 1. The van der Waals surface area contributed by atoms with E-state index in [1.54, 1.807) is 11.3 Å². The van der Waals surface area contributed by atoms with Gasteiger partial charge in [-0.25, -0.2) is 0 Å². The maximum atomic E-state index is 5.76. The first-order chi connectivity index (χ1) is 8.19. The Morgan fingerprint density at radius 1 is 1.18 bits per heavy atom. The maximum Gasteiger partial charge on any atom is 0.134 e. The summed E-state index contributed by atoms with van der Waals surface area (Å²) in [5.74, 6) is 0.874. The van der Waals surface area contributed by atoms with Crippen LogP contribution in [0.15, 0.2) is 38.6 Å². The zero-order chi connectivity index (χ0) is 12.3. The van der Waals surface area contributed by atoms with Gasteiger partial charge in [-0.05, 0) is 55.6 Å². The van der Waals surface area contributed by atoms with E-state index in [1.807, 2.05) is 6.07 Å². The number of ether oxygens (including phenoxy) is 1. The zero-order valence-electron chi connectivity index (χ0n) is 8.75. The molecule has 1 aromatic carbocycles. The topological polar surface area (TPSA) is 9.23 Å². The Hall–Kier alpha value is 0.160. The van der Waals surface area contributed by atoms with Crippen LogP contribution in [0.4, 0.5) is 0 Å². The fourth-order valence-electron chi connectivity index (χ4n) is 1.32. The summed E-state index contributed by atoms with van der Waals surface area (Å²) in [6, 6.07) is 8.18. The van der Waals surface area contributed by atoms with Gasteiger partial charge in [0.15, 0.2) is 0 Å². The van der Waals surface area contributed by atoms with Crippen molar-refractivity contribution >= 4 is 59.1 Å². The maximum absolute atomic E-state index is 5.76. The molecule has 17 heavy (non-hydrogen) atoms. The van der Waals surface area contributed by atoms with Crippen LogP contribution in [0.2, 0.25) is 0 Å². The molecule has 0 amide bonds. The van der Waals surface area contributed by atoms with Gasteiger partial charge in [-0.15, -0.1) is 11.3 Å². The third-order valence-corrected chi connectivity index (χ3v) is 5.08. The van der Waals surface area contributed by atoms with Gasteiger partial charge in [0.2, 0.25) is 0 Å². The van der Waals surface area contributed by atoms with Crippen LogP contribution < -0.4 is 4.74 Å². The van der Waals surface area contributed by atoms with Crippen LogP contribution in [0.25, 0.3) is 0 Å². The summed E-state index contributed by atoms with van der Waals surface area (Å²) in [6.45, 7) is 0.600. The molecule has 0 fully saturated rings. The van der Waals surface area contributed by atoms with E-state index in [2.05, 4.69) is 71.4 Å². The quantitative estimate of drug-likeness (QED) is 0.550.